The Hall–Kier alpha value is -1.30. The second-order valence-corrected chi connectivity index (χ2v) is 5.31. The second kappa shape index (κ2) is 8.79. The molecular weight excluding hydrogens is 258 g/mol. The van der Waals surface area contributed by atoms with Gasteiger partial charge in [0.15, 0.2) is 0 Å². The molecule has 0 radical (unpaired) electrons. The van der Waals surface area contributed by atoms with Crippen molar-refractivity contribution in [1.29, 1.82) is 0 Å². The molecule has 2 atom stereocenters. The number of rotatable bonds is 8. The molecule has 3 N–H and O–H groups in total. The third-order valence-corrected chi connectivity index (χ3v) is 3.85. The number of carbonyl (C=O) groups excluding carboxylic acids is 1. The largest absolute Gasteiger partial charge is 0.480 e. The third kappa shape index (κ3) is 5.36. The smallest absolute Gasteiger partial charge is 0.326 e. The van der Waals surface area contributed by atoms with Gasteiger partial charge in [0.2, 0.25) is 0 Å². The van der Waals surface area contributed by atoms with Gasteiger partial charge in [-0.15, -0.1) is 0 Å². The number of aliphatic carboxylic acids is 1. The van der Waals surface area contributed by atoms with Crippen molar-refractivity contribution in [2.45, 2.75) is 58.0 Å². The number of amides is 2. The lowest BCUT2D eigenvalue weighted by Gasteiger charge is -2.23. The highest BCUT2D eigenvalue weighted by atomic mass is 16.4. The average Bonchev–Trinajstić information content (AvgIpc) is 2.88. The summed E-state index contributed by atoms with van der Waals surface area (Å²) >= 11 is 0. The van der Waals surface area contributed by atoms with Crippen molar-refractivity contribution in [3.05, 3.63) is 0 Å². The van der Waals surface area contributed by atoms with Gasteiger partial charge in [-0.05, 0) is 32.4 Å². The number of nitrogens with one attached hydrogen (secondary N) is 2. The predicted octanol–water partition coefficient (Wildman–Crippen LogP) is 1.41. The van der Waals surface area contributed by atoms with Crippen LogP contribution >= 0.6 is 0 Å². The number of carboxylic acids is 1. The summed E-state index contributed by atoms with van der Waals surface area (Å²) in [7, 11) is 0. The Morgan fingerprint density at radius 2 is 2.15 bits per heavy atom. The van der Waals surface area contributed by atoms with Gasteiger partial charge in [0.05, 0.1) is 0 Å². The molecule has 1 aliphatic heterocycles. The van der Waals surface area contributed by atoms with Gasteiger partial charge in [-0.3, -0.25) is 4.90 Å². The van der Waals surface area contributed by atoms with Gasteiger partial charge >= 0.3 is 12.0 Å². The summed E-state index contributed by atoms with van der Waals surface area (Å²) in [5, 5.41) is 14.4. The number of hydrogen-bond acceptors (Lipinski definition) is 3. The first-order valence-electron chi connectivity index (χ1n) is 7.59. The van der Waals surface area contributed by atoms with Crippen LogP contribution in [0.25, 0.3) is 0 Å². The van der Waals surface area contributed by atoms with E-state index in [1.807, 2.05) is 6.92 Å². The molecular formula is C14H27N3O3. The van der Waals surface area contributed by atoms with E-state index in [0.29, 0.717) is 19.0 Å². The predicted molar refractivity (Wildman–Crippen MR) is 77.8 cm³/mol. The van der Waals surface area contributed by atoms with E-state index < -0.39 is 12.0 Å². The van der Waals surface area contributed by atoms with Crippen LogP contribution in [0.4, 0.5) is 4.79 Å². The molecule has 2 unspecified atom stereocenters. The zero-order chi connectivity index (χ0) is 15.0. The van der Waals surface area contributed by atoms with Crippen molar-refractivity contribution < 1.29 is 14.7 Å². The topological polar surface area (TPSA) is 81.7 Å². The van der Waals surface area contributed by atoms with Crippen LogP contribution < -0.4 is 10.6 Å². The minimum absolute atomic E-state index is 0.378. The molecule has 0 aliphatic carbocycles. The molecule has 1 aliphatic rings. The normalized spacial score (nSPS) is 20.6. The van der Waals surface area contributed by atoms with Gasteiger partial charge in [-0.1, -0.05) is 26.7 Å². The van der Waals surface area contributed by atoms with Crippen molar-refractivity contribution in [2.75, 3.05) is 19.6 Å². The lowest BCUT2D eigenvalue weighted by atomic mass is 10.1. The minimum Gasteiger partial charge on any atom is -0.480 e. The molecule has 0 saturated carbocycles. The molecule has 1 rings (SSSR count). The lowest BCUT2D eigenvalue weighted by molar-refractivity contribution is -0.139. The first-order valence-corrected chi connectivity index (χ1v) is 7.59. The molecule has 1 saturated heterocycles. The third-order valence-electron chi connectivity index (χ3n) is 3.85. The van der Waals surface area contributed by atoms with Crippen LogP contribution in [0.1, 0.15) is 46.0 Å². The number of likely N-dealkylation sites (tertiary alicyclic amines) is 1. The maximum absolute atomic E-state index is 11.8. The van der Waals surface area contributed by atoms with Gasteiger partial charge < -0.3 is 15.7 Å². The maximum atomic E-state index is 11.8. The molecule has 20 heavy (non-hydrogen) atoms. The van der Waals surface area contributed by atoms with Gasteiger partial charge in [-0.25, -0.2) is 9.59 Å². The van der Waals surface area contributed by atoms with Crippen LogP contribution in [0.15, 0.2) is 0 Å². The number of carbonyl (C=O) groups is 2. The molecule has 0 bridgehead atoms. The van der Waals surface area contributed by atoms with Crippen molar-refractivity contribution in [2.24, 2.45) is 0 Å². The summed E-state index contributed by atoms with van der Waals surface area (Å²) in [6.07, 6.45) is 4.44. The molecule has 2 amide bonds. The van der Waals surface area contributed by atoms with Gasteiger partial charge in [-0.2, -0.15) is 0 Å². The SMILES string of the molecule is CCCCC(NC(=O)NCC1CCCN1CC)C(=O)O. The van der Waals surface area contributed by atoms with E-state index in [-0.39, 0.29) is 6.03 Å². The van der Waals surface area contributed by atoms with Crippen molar-refractivity contribution in [3.63, 3.8) is 0 Å². The molecule has 0 aromatic carbocycles. The molecule has 0 aromatic heterocycles. The number of likely N-dealkylation sites (N-methyl/N-ethyl adjacent to an activating group) is 1. The Labute approximate surface area is 120 Å². The quantitative estimate of drug-likeness (QED) is 0.630. The lowest BCUT2D eigenvalue weighted by Crippen LogP contribution is -2.49. The van der Waals surface area contributed by atoms with E-state index >= 15 is 0 Å². The molecule has 1 fully saturated rings. The summed E-state index contributed by atoms with van der Waals surface area (Å²) in [4.78, 5) is 25.2. The summed E-state index contributed by atoms with van der Waals surface area (Å²) in [5.41, 5.74) is 0. The number of urea groups is 1. The number of nitrogens with zero attached hydrogens (tertiary/aromatic N) is 1. The molecule has 6 nitrogen and oxygen atoms in total. The highest BCUT2D eigenvalue weighted by Crippen LogP contribution is 2.15. The van der Waals surface area contributed by atoms with Crippen LogP contribution in [0, 0.1) is 0 Å². The fourth-order valence-corrected chi connectivity index (χ4v) is 2.63. The average molecular weight is 285 g/mol. The van der Waals surface area contributed by atoms with Crippen molar-refractivity contribution in [3.8, 4) is 0 Å². The summed E-state index contributed by atoms with van der Waals surface area (Å²) in [6, 6.07) is -0.790. The molecule has 116 valence electrons. The molecule has 0 spiro atoms. The number of unbranched alkanes of at least 4 members (excludes halogenated alkanes) is 1. The monoisotopic (exact) mass is 285 g/mol. The number of carboxylic acid groups (broad SMARTS) is 1. The van der Waals surface area contributed by atoms with Gasteiger partial charge in [0.25, 0.3) is 0 Å². The van der Waals surface area contributed by atoms with Crippen LogP contribution in [0.2, 0.25) is 0 Å². The van der Waals surface area contributed by atoms with E-state index in [1.165, 1.54) is 0 Å². The summed E-state index contributed by atoms with van der Waals surface area (Å²) < 4.78 is 0. The second-order valence-electron chi connectivity index (χ2n) is 5.31. The molecule has 1 heterocycles. The maximum Gasteiger partial charge on any atom is 0.326 e. The highest BCUT2D eigenvalue weighted by Gasteiger charge is 2.24. The number of hydrogen-bond donors (Lipinski definition) is 3. The van der Waals surface area contributed by atoms with Crippen LogP contribution in [-0.2, 0) is 4.79 Å². The Balaban J connectivity index is 2.32. The van der Waals surface area contributed by atoms with E-state index in [2.05, 4.69) is 22.5 Å². The van der Waals surface area contributed by atoms with E-state index in [1.54, 1.807) is 0 Å². The summed E-state index contributed by atoms with van der Waals surface area (Å²) in [6.45, 7) is 6.77. The highest BCUT2D eigenvalue weighted by molar-refractivity contribution is 5.82. The van der Waals surface area contributed by atoms with Crippen LogP contribution in [-0.4, -0.2) is 53.7 Å². The first-order chi connectivity index (χ1) is 9.58. The molecule has 0 aromatic rings. The standard InChI is InChI=1S/C14H27N3O3/c1-3-5-8-12(13(18)19)16-14(20)15-10-11-7-6-9-17(11)4-2/h11-12H,3-10H2,1-2H3,(H,18,19)(H2,15,16,20). The fraction of sp³-hybridized carbons (Fsp3) is 0.857. The van der Waals surface area contributed by atoms with Crippen LogP contribution in [0.5, 0.6) is 0 Å². The minimum atomic E-state index is -0.968. The Bertz CT molecular complexity index is 323. The van der Waals surface area contributed by atoms with Crippen molar-refractivity contribution in [1.82, 2.24) is 15.5 Å². The van der Waals surface area contributed by atoms with E-state index in [0.717, 1.165) is 38.8 Å². The zero-order valence-corrected chi connectivity index (χ0v) is 12.5. The van der Waals surface area contributed by atoms with Gasteiger partial charge in [0.1, 0.15) is 6.04 Å². The van der Waals surface area contributed by atoms with E-state index in [4.69, 9.17) is 5.11 Å². The fourth-order valence-electron chi connectivity index (χ4n) is 2.63. The van der Waals surface area contributed by atoms with Crippen LogP contribution in [0.3, 0.4) is 0 Å². The first kappa shape index (κ1) is 16.8. The summed E-state index contributed by atoms with van der Waals surface area (Å²) in [5.74, 6) is -0.968. The Morgan fingerprint density at radius 3 is 2.75 bits per heavy atom. The Morgan fingerprint density at radius 1 is 1.40 bits per heavy atom. The Kier molecular flexibility index (Phi) is 7.36. The molecule has 6 heteroatoms. The van der Waals surface area contributed by atoms with Crippen molar-refractivity contribution >= 4 is 12.0 Å². The zero-order valence-electron chi connectivity index (χ0n) is 12.5. The van der Waals surface area contributed by atoms with E-state index in [9.17, 15) is 9.59 Å². The van der Waals surface area contributed by atoms with Gasteiger partial charge in [0, 0.05) is 12.6 Å².